The first-order valence-electron chi connectivity index (χ1n) is 7.44. The van der Waals surface area contributed by atoms with Crippen LogP contribution in [0.1, 0.15) is 18.4 Å². The van der Waals surface area contributed by atoms with E-state index in [2.05, 4.69) is 32.4 Å². The van der Waals surface area contributed by atoms with Gasteiger partial charge in [0, 0.05) is 19.3 Å². The van der Waals surface area contributed by atoms with Crippen LogP contribution in [0.25, 0.3) is 0 Å². The number of hydrogen-bond donors (Lipinski definition) is 2. The molecule has 0 radical (unpaired) electrons. The average molecular weight is 322 g/mol. The normalized spacial score (nSPS) is 9.79. The van der Waals surface area contributed by atoms with Gasteiger partial charge in [-0.3, -0.25) is 0 Å². The van der Waals surface area contributed by atoms with Crippen LogP contribution in [0.2, 0.25) is 0 Å². The maximum atomic E-state index is 8.80. The zero-order valence-corrected chi connectivity index (χ0v) is 13.4. The van der Waals surface area contributed by atoms with Gasteiger partial charge >= 0.3 is 0 Å². The summed E-state index contributed by atoms with van der Waals surface area (Å²) in [6.45, 7) is 2.85. The first-order chi connectivity index (χ1) is 11.7. The zero-order valence-electron chi connectivity index (χ0n) is 13.4. The molecular formula is C16H18N8. The van der Waals surface area contributed by atoms with E-state index in [1.807, 2.05) is 24.0 Å². The number of anilines is 4. The largest absolute Gasteiger partial charge is 0.393 e. The Bertz CT molecular complexity index is 739. The van der Waals surface area contributed by atoms with E-state index < -0.39 is 0 Å². The van der Waals surface area contributed by atoms with E-state index in [-0.39, 0.29) is 0 Å². The average Bonchev–Trinajstić information content (AvgIpc) is 2.59. The molecule has 122 valence electrons. The molecule has 8 nitrogen and oxygen atoms in total. The van der Waals surface area contributed by atoms with Crippen LogP contribution >= 0.6 is 0 Å². The predicted molar refractivity (Wildman–Crippen MR) is 91.4 cm³/mol. The summed E-state index contributed by atoms with van der Waals surface area (Å²) in [6.07, 6.45) is 3.77. The molecule has 0 aliphatic rings. The topological polar surface area (TPSA) is 128 Å². The number of nitrogens with zero attached hydrogens (tertiary/aromatic N) is 6. The highest BCUT2D eigenvalue weighted by Crippen LogP contribution is 2.28. The van der Waals surface area contributed by atoms with Crippen LogP contribution in [-0.2, 0) is 0 Å². The Kier molecular flexibility index (Phi) is 5.87. The molecule has 0 saturated carbocycles. The van der Waals surface area contributed by atoms with Crippen molar-refractivity contribution in [3.05, 3.63) is 30.2 Å². The Balaban J connectivity index is 2.25. The van der Waals surface area contributed by atoms with Crippen molar-refractivity contribution in [2.75, 3.05) is 29.0 Å². The van der Waals surface area contributed by atoms with Crippen molar-refractivity contribution in [1.29, 1.82) is 10.5 Å². The van der Waals surface area contributed by atoms with Gasteiger partial charge in [0.1, 0.15) is 17.8 Å². The molecule has 0 aliphatic heterocycles. The van der Waals surface area contributed by atoms with Gasteiger partial charge in [-0.05, 0) is 18.6 Å². The number of nitriles is 2. The van der Waals surface area contributed by atoms with Crippen LogP contribution in [0.3, 0.4) is 0 Å². The Hall–Kier alpha value is -3.39. The Labute approximate surface area is 140 Å². The summed E-state index contributed by atoms with van der Waals surface area (Å²) in [5, 5.41) is 20.7. The molecule has 2 aromatic rings. The molecule has 8 heteroatoms. The molecule has 2 heterocycles. The fourth-order valence-electron chi connectivity index (χ4n) is 2.09. The minimum atomic E-state index is 0.317. The van der Waals surface area contributed by atoms with E-state index in [0.717, 1.165) is 5.56 Å². The van der Waals surface area contributed by atoms with E-state index in [1.54, 1.807) is 6.20 Å². The minimum Gasteiger partial charge on any atom is -0.393 e. The van der Waals surface area contributed by atoms with Crippen LogP contribution in [0.15, 0.2) is 24.7 Å². The van der Waals surface area contributed by atoms with E-state index in [1.165, 1.54) is 6.33 Å². The Morgan fingerprint density at radius 1 is 1.12 bits per heavy atom. The summed E-state index contributed by atoms with van der Waals surface area (Å²) in [7, 11) is 0. The number of nitrogen functional groups attached to an aromatic ring is 1. The van der Waals surface area contributed by atoms with Crippen molar-refractivity contribution in [3.63, 3.8) is 0 Å². The van der Waals surface area contributed by atoms with Gasteiger partial charge in [-0.2, -0.15) is 10.5 Å². The molecule has 0 amide bonds. The summed E-state index contributed by atoms with van der Waals surface area (Å²) in [4.78, 5) is 14.4. The van der Waals surface area contributed by atoms with Crippen LogP contribution in [-0.4, -0.2) is 28.0 Å². The zero-order chi connectivity index (χ0) is 17.4. The first-order valence-corrected chi connectivity index (χ1v) is 7.44. The monoisotopic (exact) mass is 322 g/mol. The van der Waals surface area contributed by atoms with Gasteiger partial charge < -0.3 is 16.0 Å². The van der Waals surface area contributed by atoms with Crippen molar-refractivity contribution in [2.45, 2.75) is 19.8 Å². The molecule has 3 N–H and O–H groups in total. The number of pyridine rings is 1. The summed E-state index contributed by atoms with van der Waals surface area (Å²) < 4.78 is 0. The van der Waals surface area contributed by atoms with Crippen molar-refractivity contribution < 1.29 is 0 Å². The fraction of sp³-hybridized carbons (Fsp3) is 0.312. The highest BCUT2D eigenvalue weighted by atomic mass is 15.2. The molecule has 2 aromatic heterocycles. The quantitative estimate of drug-likeness (QED) is 0.793. The molecule has 0 bridgehead atoms. The molecule has 0 aromatic carbocycles. The molecule has 0 fully saturated rings. The Morgan fingerprint density at radius 3 is 2.42 bits per heavy atom. The number of rotatable bonds is 7. The highest BCUT2D eigenvalue weighted by molar-refractivity contribution is 5.77. The predicted octanol–water partition coefficient (Wildman–Crippen LogP) is 2.14. The van der Waals surface area contributed by atoms with Crippen molar-refractivity contribution in [3.8, 4) is 12.1 Å². The maximum Gasteiger partial charge on any atom is 0.160 e. The van der Waals surface area contributed by atoms with Crippen molar-refractivity contribution in [1.82, 2.24) is 15.0 Å². The number of nitrogens with two attached hydrogens (primary N) is 1. The van der Waals surface area contributed by atoms with E-state index >= 15 is 0 Å². The molecule has 0 atom stereocenters. The van der Waals surface area contributed by atoms with Crippen molar-refractivity contribution >= 4 is 23.1 Å². The van der Waals surface area contributed by atoms with E-state index in [9.17, 15) is 0 Å². The molecule has 0 spiro atoms. The highest BCUT2D eigenvalue weighted by Gasteiger charge is 2.15. The summed E-state index contributed by atoms with van der Waals surface area (Å²) in [5.74, 6) is 1.57. The lowest BCUT2D eigenvalue weighted by Crippen LogP contribution is -2.27. The summed E-state index contributed by atoms with van der Waals surface area (Å²) in [5.41, 5.74) is 7.59. The van der Waals surface area contributed by atoms with Gasteiger partial charge in [0.25, 0.3) is 0 Å². The third-order valence-electron chi connectivity index (χ3n) is 3.31. The van der Waals surface area contributed by atoms with Crippen molar-refractivity contribution in [2.24, 2.45) is 0 Å². The van der Waals surface area contributed by atoms with Gasteiger partial charge in [-0.15, -0.1) is 0 Å². The minimum absolute atomic E-state index is 0.317. The second-order valence-electron chi connectivity index (χ2n) is 5.11. The molecule has 0 aliphatic carbocycles. The first kappa shape index (κ1) is 17.0. The lowest BCUT2D eigenvalue weighted by molar-refractivity contribution is 0.782. The van der Waals surface area contributed by atoms with Crippen LogP contribution in [0, 0.1) is 29.6 Å². The second-order valence-corrected chi connectivity index (χ2v) is 5.11. The Morgan fingerprint density at radius 2 is 1.83 bits per heavy atom. The number of nitrogens with one attached hydrogen (secondary N) is 1. The third-order valence-corrected chi connectivity index (χ3v) is 3.31. The molecule has 24 heavy (non-hydrogen) atoms. The lowest BCUT2D eigenvalue weighted by Gasteiger charge is -2.23. The molecule has 0 saturated heterocycles. The van der Waals surface area contributed by atoms with Gasteiger partial charge in [-0.1, -0.05) is 6.07 Å². The standard InChI is InChI=1S/C16H18N8/c1-12-4-5-13(20-10-12)23-15-14(19)16(22-11-21-15)24(8-2-6-17)9-3-7-18/h4-5,10-11H,2-3,8-9,19H2,1H3,(H,20,21,22,23). The summed E-state index contributed by atoms with van der Waals surface area (Å²) >= 11 is 0. The van der Waals surface area contributed by atoms with Crippen LogP contribution in [0.4, 0.5) is 23.1 Å². The number of aromatic nitrogens is 3. The SMILES string of the molecule is Cc1ccc(Nc2ncnc(N(CCC#N)CCC#N)c2N)nc1. The smallest absolute Gasteiger partial charge is 0.160 e. The molecule has 2 rings (SSSR count). The maximum absolute atomic E-state index is 8.80. The van der Waals surface area contributed by atoms with Gasteiger partial charge in [0.05, 0.1) is 25.0 Å². The molecular weight excluding hydrogens is 304 g/mol. The second kappa shape index (κ2) is 8.30. The van der Waals surface area contributed by atoms with Gasteiger partial charge in [0.2, 0.25) is 0 Å². The fourth-order valence-corrected chi connectivity index (χ4v) is 2.09. The van der Waals surface area contributed by atoms with E-state index in [0.29, 0.717) is 49.1 Å². The molecule has 0 unspecified atom stereocenters. The summed E-state index contributed by atoms with van der Waals surface area (Å²) in [6, 6.07) is 7.94. The van der Waals surface area contributed by atoms with Gasteiger partial charge in [0.15, 0.2) is 11.6 Å². The van der Waals surface area contributed by atoms with Gasteiger partial charge in [-0.25, -0.2) is 15.0 Å². The van der Waals surface area contributed by atoms with E-state index in [4.69, 9.17) is 16.3 Å². The lowest BCUT2D eigenvalue weighted by atomic mass is 10.3. The third kappa shape index (κ3) is 4.31. The van der Waals surface area contributed by atoms with Crippen LogP contribution in [0.5, 0.6) is 0 Å². The number of hydrogen-bond acceptors (Lipinski definition) is 8. The van der Waals surface area contributed by atoms with Crippen LogP contribution < -0.4 is 16.0 Å². The number of aryl methyl sites for hydroxylation is 1.